The Bertz CT molecular complexity index is 354. The maximum absolute atomic E-state index is 6.09. The number of hydrogen-bond acceptors (Lipinski definition) is 1. The molecule has 0 aromatic heterocycles. The third-order valence-corrected chi connectivity index (χ3v) is 4.25. The Morgan fingerprint density at radius 1 is 1.22 bits per heavy atom. The predicted octanol–water partition coefficient (Wildman–Crippen LogP) is 5.16. The van der Waals surface area contributed by atoms with Gasteiger partial charge in [-0.3, -0.25) is 0 Å². The monoisotopic (exact) mass is 246 g/mol. The summed E-state index contributed by atoms with van der Waals surface area (Å²) in [5, 5.41) is 0. The van der Waals surface area contributed by atoms with E-state index in [1.165, 1.54) is 37.7 Å². The van der Waals surface area contributed by atoms with Crippen molar-refractivity contribution in [1.82, 2.24) is 0 Å². The SMILES string of the molecule is CCC(C)c1ccc(OC2CCCC(C)C2)cc1. The summed E-state index contributed by atoms with van der Waals surface area (Å²) in [6, 6.07) is 8.72. The Kier molecular flexibility index (Phi) is 4.68. The lowest BCUT2D eigenvalue weighted by atomic mass is 9.89. The van der Waals surface area contributed by atoms with Crippen molar-refractivity contribution >= 4 is 0 Å². The second-order valence-corrected chi connectivity index (χ2v) is 5.89. The summed E-state index contributed by atoms with van der Waals surface area (Å²) in [5.41, 5.74) is 1.42. The lowest BCUT2D eigenvalue weighted by Gasteiger charge is -2.27. The van der Waals surface area contributed by atoms with Crippen LogP contribution in [0.15, 0.2) is 24.3 Å². The number of benzene rings is 1. The molecular weight excluding hydrogens is 220 g/mol. The van der Waals surface area contributed by atoms with Crippen molar-refractivity contribution in [3.05, 3.63) is 29.8 Å². The van der Waals surface area contributed by atoms with E-state index in [4.69, 9.17) is 4.74 Å². The number of hydrogen-bond donors (Lipinski definition) is 0. The van der Waals surface area contributed by atoms with E-state index < -0.39 is 0 Å². The minimum Gasteiger partial charge on any atom is -0.490 e. The van der Waals surface area contributed by atoms with Crippen LogP contribution in [0.2, 0.25) is 0 Å². The van der Waals surface area contributed by atoms with Crippen LogP contribution in [0.3, 0.4) is 0 Å². The molecule has 100 valence electrons. The zero-order valence-electron chi connectivity index (χ0n) is 12.0. The Morgan fingerprint density at radius 3 is 2.56 bits per heavy atom. The quantitative estimate of drug-likeness (QED) is 0.713. The van der Waals surface area contributed by atoms with Crippen molar-refractivity contribution in [1.29, 1.82) is 0 Å². The van der Waals surface area contributed by atoms with Crippen molar-refractivity contribution in [3.8, 4) is 5.75 Å². The molecule has 3 atom stereocenters. The van der Waals surface area contributed by atoms with Crippen LogP contribution in [-0.2, 0) is 0 Å². The second kappa shape index (κ2) is 6.26. The Hall–Kier alpha value is -0.980. The summed E-state index contributed by atoms with van der Waals surface area (Å²) < 4.78 is 6.09. The first-order valence-corrected chi connectivity index (χ1v) is 7.45. The fourth-order valence-corrected chi connectivity index (χ4v) is 2.79. The third-order valence-electron chi connectivity index (χ3n) is 4.25. The molecule has 1 heteroatoms. The Labute approximate surface area is 112 Å². The molecule has 18 heavy (non-hydrogen) atoms. The molecule has 0 N–H and O–H groups in total. The van der Waals surface area contributed by atoms with Crippen molar-refractivity contribution in [2.45, 2.75) is 64.9 Å². The van der Waals surface area contributed by atoms with Gasteiger partial charge in [0.05, 0.1) is 6.10 Å². The highest BCUT2D eigenvalue weighted by molar-refractivity contribution is 5.29. The van der Waals surface area contributed by atoms with Crippen LogP contribution in [0.25, 0.3) is 0 Å². The second-order valence-electron chi connectivity index (χ2n) is 5.89. The molecule has 3 unspecified atom stereocenters. The molecule has 1 aromatic rings. The predicted molar refractivity (Wildman–Crippen MR) is 77.2 cm³/mol. The van der Waals surface area contributed by atoms with Gasteiger partial charge in [0, 0.05) is 0 Å². The maximum atomic E-state index is 6.09. The summed E-state index contributed by atoms with van der Waals surface area (Å²) in [6.07, 6.45) is 6.75. The van der Waals surface area contributed by atoms with Crippen LogP contribution in [-0.4, -0.2) is 6.10 Å². The molecule has 1 nitrogen and oxygen atoms in total. The molecule has 1 aliphatic carbocycles. The fraction of sp³-hybridized carbons (Fsp3) is 0.647. The van der Waals surface area contributed by atoms with E-state index in [9.17, 15) is 0 Å². The molecule has 1 saturated carbocycles. The lowest BCUT2D eigenvalue weighted by molar-refractivity contribution is 0.129. The first-order chi connectivity index (χ1) is 8.69. The van der Waals surface area contributed by atoms with Crippen molar-refractivity contribution in [2.75, 3.05) is 0 Å². The summed E-state index contributed by atoms with van der Waals surface area (Å²) in [7, 11) is 0. The van der Waals surface area contributed by atoms with Crippen LogP contribution in [0.5, 0.6) is 5.75 Å². The van der Waals surface area contributed by atoms with E-state index in [0.29, 0.717) is 12.0 Å². The van der Waals surface area contributed by atoms with Crippen molar-refractivity contribution in [2.24, 2.45) is 5.92 Å². The summed E-state index contributed by atoms with van der Waals surface area (Å²) in [4.78, 5) is 0. The van der Waals surface area contributed by atoms with E-state index in [-0.39, 0.29) is 0 Å². The molecule has 1 aliphatic rings. The van der Waals surface area contributed by atoms with E-state index in [0.717, 1.165) is 11.7 Å². The zero-order chi connectivity index (χ0) is 13.0. The standard InChI is InChI=1S/C17H26O/c1-4-14(3)15-8-10-16(11-9-15)18-17-7-5-6-13(2)12-17/h8-11,13-14,17H,4-7,12H2,1-3H3. The van der Waals surface area contributed by atoms with E-state index in [2.05, 4.69) is 45.0 Å². The molecule has 0 radical (unpaired) electrons. The van der Waals surface area contributed by atoms with Gasteiger partial charge in [0.2, 0.25) is 0 Å². The van der Waals surface area contributed by atoms with Crippen molar-refractivity contribution in [3.63, 3.8) is 0 Å². The average molecular weight is 246 g/mol. The van der Waals surface area contributed by atoms with Gasteiger partial charge >= 0.3 is 0 Å². The topological polar surface area (TPSA) is 9.23 Å². The van der Waals surface area contributed by atoms with Gasteiger partial charge in [-0.1, -0.05) is 39.3 Å². The highest BCUT2D eigenvalue weighted by Gasteiger charge is 2.20. The van der Waals surface area contributed by atoms with Crippen molar-refractivity contribution < 1.29 is 4.74 Å². The highest BCUT2D eigenvalue weighted by atomic mass is 16.5. The minimum atomic E-state index is 0.434. The van der Waals surface area contributed by atoms with Gasteiger partial charge < -0.3 is 4.74 Å². The van der Waals surface area contributed by atoms with Gasteiger partial charge in [0.1, 0.15) is 5.75 Å². The molecule has 0 bridgehead atoms. The number of ether oxygens (including phenoxy) is 1. The molecule has 0 saturated heterocycles. The van der Waals surface area contributed by atoms with Crippen LogP contribution in [0.4, 0.5) is 0 Å². The number of rotatable bonds is 4. The molecular formula is C17H26O. The van der Waals surface area contributed by atoms with Gasteiger partial charge in [-0.05, 0) is 55.2 Å². The first kappa shape index (κ1) is 13.5. The Morgan fingerprint density at radius 2 is 1.94 bits per heavy atom. The molecule has 0 spiro atoms. The zero-order valence-corrected chi connectivity index (χ0v) is 12.0. The van der Waals surface area contributed by atoms with Gasteiger partial charge in [0.15, 0.2) is 0 Å². The van der Waals surface area contributed by atoms with E-state index >= 15 is 0 Å². The van der Waals surface area contributed by atoms with Gasteiger partial charge in [-0.25, -0.2) is 0 Å². The molecule has 1 aromatic carbocycles. The molecule has 2 rings (SSSR count). The normalized spacial score (nSPS) is 25.7. The maximum Gasteiger partial charge on any atom is 0.119 e. The summed E-state index contributed by atoms with van der Waals surface area (Å²) >= 11 is 0. The third kappa shape index (κ3) is 3.51. The van der Waals surface area contributed by atoms with Gasteiger partial charge in [-0.2, -0.15) is 0 Å². The smallest absolute Gasteiger partial charge is 0.119 e. The average Bonchev–Trinajstić information content (AvgIpc) is 2.39. The van der Waals surface area contributed by atoms with Gasteiger partial charge in [0.25, 0.3) is 0 Å². The fourth-order valence-electron chi connectivity index (χ4n) is 2.79. The van der Waals surface area contributed by atoms with Crippen LogP contribution in [0, 0.1) is 5.92 Å². The lowest BCUT2D eigenvalue weighted by Crippen LogP contribution is -2.24. The van der Waals surface area contributed by atoms with Crippen LogP contribution >= 0.6 is 0 Å². The summed E-state index contributed by atoms with van der Waals surface area (Å²) in [6.45, 7) is 6.85. The van der Waals surface area contributed by atoms with Crippen LogP contribution in [0.1, 0.15) is 64.4 Å². The minimum absolute atomic E-state index is 0.434. The molecule has 1 fully saturated rings. The van der Waals surface area contributed by atoms with Crippen LogP contribution < -0.4 is 4.74 Å². The first-order valence-electron chi connectivity index (χ1n) is 7.45. The van der Waals surface area contributed by atoms with E-state index in [1.54, 1.807) is 0 Å². The Balaban J connectivity index is 1.93. The highest BCUT2D eigenvalue weighted by Crippen LogP contribution is 2.28. The largest absolute Gasteiger partial charge is 0.490 e. The molecule has 0 aliphatic heterocycles. The summed E-state index contributed by atoms with van der Waals surface area (Å²) in [5.74, 6) is 2.51. The molecule has 0 heterocycles. The van der Waals surface area contributed by atoms with Gasteiger partial charge in [-0.15, -0.1) is 0 Å². The van der Waals surface area contributed by atoms with E-state index in [1.807, 2.05) is 0 Å². The molecule has 0 amide bonds.